The van der Waals surface area contributed by atoms with Crippen LogP contribution >= 0.6 is 0 Å². The molecule has 0 bridgehead atoms. The first-order chi connectivity index (χ1) is 13.2. The first-order valence-corrected chi connectivity index (χ1v) is 11.2. The molecule has 158 valence electrons. The molecule has 1 aromatic rings. The first-order valence-electron chi connectivity index (χ1n) is 9.79. The van der Waals surface area contributed by atoms with Crippen molar-refractivity contribution in [2.45, 2.75) is 69.7 Å². The van der Waals surface area contributed by atoms with Crippen LogP contribution < -0.4 is 5.32 Å². The normalized spacial score (nSPS) is 19.0. The molecule has 2 unspecified atom stereocenters. The minimum absolute atomic E-state index is 0.0717. The van der Waals surface area contributed by atoms with Gasteiger partial charge in [-0.2, -0.15) is 4.31 Å². The molecule has 2 rings (SSSR count). The number of ether oxygens (including phenoxy) is 2. The molecule has 0 saturated carbocycles. The van der Waals surface area contributed by atoms with E-state index in [2.05, 4.69) is 5.32 Å². The van der Waals surface area contributed by atoms with E-state index in [1.165, 1.54) is 4.31 Å². The van der Waals surface area contributed by atoms with Crippen LogP contribution in [0.4, 0.5) is 0 Å². The molecular weight excluding hydrogens is 380 g/mol. The second kappa shape index (κ2) is 10.3. The minimum atomic E-state index is -3.50. The SMILES string of the molecule is CC(OCC1CCCCO1)C(=O)NCc1ccc(S(=O)(=O)N(C)C(C)C)cc1. The van der Waals surface area contributed by atoms with Gasteiger partial charge in [-0.15, -0.1) is 0 Å². The van der Waals surface area contributed by atoms with Crippen LogP contribution in [0.2, 0.25) is 0 Å². The van der Waals surface area contributed by atoms with Gasteiger partial charge in [-0.3, -0.25) is 4.79 Å². The Hall–Kier alpha value is -1.48. The van der Waals surface area contributed by atoms with Gasteiger partial charge in [-0.05, 0) is 57.7 Å². The highest BCUT2D eigenvalue weighted by Gasteiger charge is 2.23. The fraction of sp³-hybridized carbons (Fsp3) is 0.650. The molecule has 28 heavy (non-hydrogen) atoms. The monoisotopic (exact) mass is 412 g/mol. The molecule has 1 heterocycles. The van der Waals surface area contributed by atoms with Crippen LogP contribution in [-0.4, -0.2) is 57.1 Å². The highest BCUT2D eigenvalue weighted by Crippen LogP contribution is 2.17. The molecule has 1 aliphatic rings. The number of nitrogens with zero attached hydrogens (tertiary/aromatic N) is 1. The highest BCUT2D eigenvalue weighted by molar-refractivity contribution is 7.89. The van der Waals surface area contributed by atoms with Gasteiger partial charge in [0, 0.05) is 26.2 Å². The summed E-state index contributed by atoms with van der Waals surface area (Å²) in [6, 6.07) is 6.43. The zero-order valence-corrected chi connectivity index (χ0v) is 18.0. The van der Waals surface area contributed by atoms with E-state index in [9.17, 15) is 13.2 Å². The summed E-state index contributed by atoms with van der Waals surface area (Å²) < 4.78 is 37.5. The lowest BCUT2D eigenvalue weighted by Gasteiger charge is -2.24. The minimum Gasteiger partial charge on any atom is -0.376 e. The second-order valence-electron chi connectivity index (χ2n) is 7.44. The largest absolute Gasteiger partial charge is 0.376 e. The van der Waals surface area contributed by atoms with Crippen molar-refractivity contribution in [1.29, 1.82) is 0 Å². The summed E-state index contributed by atoms with van der Waals surface area (Å²) >= 11 is 0. The number of nitrogens with one attached hydrogen (secondary N) is 1. The number of carbonyl (C=O) groups excluding carboxylic acids is 1. The summed E-state index contributed by atoms with van der Waals surface area (Å²) in [6.45, 7) is 6.86. The van der Waals surface area contributed by atoms with Gasteiger partial charge in [0.1, 0.15) is 6.10 Å². The molecule has 1 fully saturated rings. The lowest BCUT2D eigenvalue weighted by Crippen LogP contribution is -2.36. The van der Waals surface area contributed by atoms with E-state index in [0.717, 1.165) is 31.4 Å². The van der Waals surface area contributed by atoms with E-state index in [0.29, 0.717) is 13.2 Å². The Balaban J connectivity index is 1.82. The molecule has 7 nitrogen and oxygen atoms in total. The first kappa shape index (κ1) is 22.8. The third kappa shape index (κ3) is 6.27. The van der Waals surface area contributed by atoms with Gasteiger partial charge >= 0.3 is 0 Å². The third-order valence-corrected chi connectivity index (χ3v) is 7.02. The Morgan fingerprint density at radius 1 is 1.25 bits per heavy atom. The van der Waals surface area contributed by atoms with Crippen molar-refractivity contribution in [2.24, 2.45) is 0 Å². The summed E-state index contributed by atoms with van der Waals surface area (Å²) in [5.74, 6) is -0.202. The number of benzene rings is 1. The number of rotatable bonds is 9. The predicted molar refractivity (Wildman–Crippen MR) is 107 cm³/mol. The summed E-state index contributed by atoms with van der Waals surface area (Å²) in [4.78, 5) is 12.4. The van der Waals surface area contributed by atoms with Crippen molar-refractivity contribution in [3.63, 3.8) is 0 Å². The molecule has 0 spiro atoms. The van der Waals surface area contributed by atoms with Crippen LogP contribution in [0.5, 0.6) is 0 Å². The maximum absolute atomic E-state index is 12.5. The molecule has 0 aliphatic carbocycles. The van der Waals surface area contributed by atoms with E-state index >= 15 is 0 Å². The zero-order valence-electron chi connectivity index (χ0n) is 17.2. The van der Waals surface area contributed by atoms with Gasteiger partial charge in [0.15, 0.2) is 0 Å². The summed E-state index contributed by atoms with van der Waals surface area (Å²) in [5, 5.41) is 2.82. The molecule has 0 radical (unpaired) electrons. The van der Waals surface area contributed by atoms with Gasteiger partial charge in [-0.25, -0.2) is 8.42 Å². The Morgan fingerprint density at radius 3 is 2.50 bits per heavy atom. The summed E-state index contributed by atoms with van der Waals surface area (Å²) in [7, 11) is -1.94. The molecule has 8 heteroatoms. The van der Waals surface area contributed by atoms with Gasteiger partial charge in [-0.1, -0.05) is 12.1 Å². The number of hydrogen-bond acceptors (Lipinski definition) is 5. The predicted octanol–water partition coefficient (Wildman–Crippen LogP) is 2.31. The van der Waals surface area contributed by atoms with Crippen LogP contribution in [0, 0.1) is 0 Å². The number of carbonyl (C=O) groups is 1. The zero-order chi connectivity index (χ0) is 20.7. The van der Waals surface area contributed by atoms with E-state index in [-0.39, 0.29) is 22.9 Å². The molecule has 0 aromatic heterocycles. The van der Waals surface area contributed by atoms with E-state index in [1.54, 1.807) is 38.2 Å². The van der Waals surface area contributed by atoms with Gasteiger partial charge in [0.05, 0.1) is 17.6 Å². The van der Waals surface area contributed by atoms with E-state index < -0.39 is 16.1 Å². The second-order valence-corrected chi connectivity index (χ2v) is 9.44. The topological polar surface area (TPSA) is 84.9 Å². The van der Waals surface area contributed by atoms with Gasteiger partial charge in [0.25, 0.3) is 0 Å². The Kier molecular flexibility index (Phi) is 8.42. The molecule has 1 N–H and O–H groups in total. The van der Waals surface area contributed by atoms with Crippen molar-refractivity contribution in [3.8, 4) is 0 Å². The maximum Gasteiger partial charge on any atom is 0.249 e. The van der Waals surface area contributed by atoms with Crippen LogP contribution in [0.15, 0.2) is 29.2 Å². The third-order valence-electron chi connectivity index (χ3n) is 4.97. The average Bonchev–Trinajstić information content (AvgIpc) is 2.70. The van der Waals surface area contributed by atoms with Crippen molar-refractivity contribution in [2.75, 3.05) is 20.3 Å². The smallest absolute Gasteiger partial charge is 0.249 e. The van der Waals surface area contributed by atoms with E-state index in [4.69, 9.17) is 9.47 Å². The van der Waals surface area contributed by atoms with Crippen molar-refractivity contribution in [3.05, 3.63) is 29.8 Å². The fourth-order valence-corrected chi connectivity index (χ4v) is 4.19. The highest BCUT2D eigenvalue weighted by atomic mass is 32.2. The summed E-state index contributed by atoms with van der Waals surface area (Å²) in [5.41, 5.74) is 0.822. The van der Waals surface area contributed by atoms with Crippen molar-refractivity contribution >= 4 is 15.9 Å². The van der Waals surface area contributed by atoms with Gasteiger partial charge < -0.3 is 14.8 Å². The Bertz CT molecular complexity index is 727. The lowest BCUT2D eigenvalue weighted by molar-refractivity contribution is -0.135. The maximum atomic E-state index is 12.5. The molecular formula is C20H32N2O5S. The molecule has 1 aromatic carbocycles. The average molecular weight is 413 g/mol. The van der Waals surface area contributed by atoms with E-state index in [1.807, 2.05) is 13.8 Å². The number of amides is 1. The van der Waals surface area contributed by atoms with Crippen molar-refractivity contribution in [1.82, 2.24) is 9.62 Å². The summed E-state index contributed by atoms with van der Waals surface area (Å²) in [6.07, 6.45) is 2.69. The fourth-order valence-electron chi connectivity index (χ4n) is 2.82. The van der Waals surface area contributed by atoms with Gasteiger partial charge in [0.2, 0.25) is 15.9 Å². The molecule has 1 amide bonds. The lowest BCUT2D eigenvalue weighted by atomic mass is 10.1. The van der Waals surface area contributed by atoms with Crippen LogP contribution in [0.25, 0.3) is 0 Å². The van der Waals surface area contributed by atoms with Crippen LogP contribution in [-0.2, 0) is 30.8 Å². The molecule has 1 aliphatic heterocycles. The molecule has 1 saturated heterocycles. The van der Waals surface area contributed by atoms with Crippen LogP contribution in [0.1, 0.15) is 45.6 Å². The van der Waals surface area contributed by atoms with Crippen LogP contribution in [0.3, 0.4) is 0 Å². The molecule has 2 atom stereocenters. The standard InChI is InChI=1S/C20H32N2O5S/c1-15(2)22(4)28(24,25)19-10-8-17(9-11-19)13-21-20(23)16(3)27-14-18-7-5-6-12-26-18/h8-11,15-16,18H,5-7,12-14H2,1-4H3,(H,21,23). The number of sulfonamides is 1. The van der Waals surface area contributed by atoms with Crippen molar-refractivity contribution < 1.29 is 22.7 Å². The number of hydrogen-bond donors (Lipinski definition) is 1. The quantitative estimate of drug-likeness (QED) is 0.673. The Labute approximate surface area is 168 Å². The Morgan fingerprint density at radius 2 is 1.93 bits per heavy atom.